The number of rotatable bonds is 3. The lowest BCUT2D eigenvalue weighted by Crippen LogP contribution is -2.36. The van der Waals surface area contributed by atoms with Gasteiger partial charge in [0.25, 0.3) is 0 Å². The Morgan fingerprint density at radius 3 is 2.56 bits per heavy atom. The van der Waals surface area contributed by atoms with Crippen molar-refractivity contribution in [2.75, 3.05) is 13.1 Å². The SMILES string of the molecule is CC(C)C[C@H](O)C1CCN(C(=O)OC(C)(C)C)C1. The van der Waals surface area contributed by atoms with E-state index < -0.39 is 5.60 Å². The van der Waals surface area contributed by atoms with Crippen LogP contribution >= 0.6 is 0 Å². The lowest BCUT2D eigenvalue weighted by atomic mass is 9.94. The Bertz CT molecular complexity index is 283. The van der Waals surface area contributed by atoms with Crippen molar-refractivity contribution < 1.29 is 14.6 Å². The molecule has 1 aliphatic heterocycles. The molecule has 0 saturated carbocycles. The van der Waals surface area contributed by atoms with E-state index in [0.717, 1.165) is 12.8 Å². The van der Waals surface area contributed by atoms with Crippen LogP contribution in [-0.2, 0) is 4.74 Å². The monoisotopic (exact) mass is 257 g/mol. The molecule has 1 saturated heterocycles. The summed E-state index contributed by atoms with van der Waals surface area (Å²) >= 11 is 0. The molecule has 1 N–H and O–H groups in total. The predicted molar refractivity (Wildman–Crippen MR) is 71.4 cm³/mol. The number of aliphatic hydroxyl groups is 1. The number of carbonyl (C=O) groups is 1. The standard InChI is InChI=1S/C14H27NO3/c1-10(2)8-12(16)11-6-7-15(9-11)13(17)18-14(3,4)5/h10-12,16H,6-9H2,1-5H3/t11?,12-/m0/s1. The zero-order chi connectivity index (χ0) is 13.9. The Balaban J connectivity index is 2.43. The van der Waals surface area contributed by atoms with Crippen molar-refractivity contribution in [2.45, 2.75) is 59.2 Å². The molecule has 0 radical (unpaired) electrons. The minimum absolute atomic E-state index is 0.194. The van der Waals surface area contributed by atoms with Gasteiger partial charge in [-0.3, -0.25) is 0 Å². The molecule has 1 unspecified atom stereocenters. The summed E-state index contributed by atoms with van der Waals surface area (Å²) in [5, 5.41) is 10.1. The molecule has 0 aromatic carbocycles. The molecule has 0 aromatic rings. The van der Waals surface area contributed by atoms with Crippen molar-refractivity contribution in [2.24, 2.45) is 11.8 Å². The number of hydrogen-bond donors (Lipinski definition) is 1. The van der Waals surface area contributed by atoms with Crippen molar-refractivity contribution in [3.63, 3.8) is 0 Å². The number of hydrogen-bond acceptors (Lipinski definition) is 3. The van der Waals surface area contributed by atoms with E-state index in [1.54, 1.807) is 4.90 Å². The second kappa shape index (κ2) is 5.91. The Kier molecular flexibility index (Phi) is 5.02. The van der Waals surface area contributed by atoms with Crippen molar-refractivity contribution >= 4 is 6.09 Å². The summed E-state index contributed by atoms with van der Waals surface area (Å²) in [4.78, 5) is 13.6. The van der Waals surface area contributed by atoms with Crippen LogP contribution in [0.15, 0.2) is 0 Å². The molecule has 2 atom stereocenters. The average molecular weight is 257 g/mol. The van der Waals surface area contributed by atoms with Gasteiger partial charge >= 0.3 is 6.09 Å². The van der Waals surface area contributed by atoms with E-state index in [-0.39, 0.29) is 18.1 Å². The molecule has 106 valence electrons. The Morgan fingerprint density at radius 1 is 1.44 bits per heavy atom. The first-order valence-electron chi connectivity index (χ1n) is 6.85. The van der Waals surface area contributed by atoms with E-state index in [1.165, 1.54) is 0 Å². The first kappa shape index (κ1) is 15.3. The van der Waals surface area contributed by atoms with Gasteiger partial charge < -0.3 is 14.7 Å². The Labute approximate surface area is 110 Å². The van der Waals surface area contributed by atoms with Gasteiger partial charge in [-0.1, -0.05) is 13.8 Å². The maximum absolute atomic E-state index is 11.9. The first-order chi connectivity index (χ1) is 8.19. The van der Waals surface area contributed by atoms with Crippen LogP contribution in [0.2, 0.25) is 0 Å². The highest BCUT2D eigenvalue weighted by Gasteiger charge is 2.33. The number of ether oxygens (including phenoxy) is 1. The van der Waals surface area contributed by atoms with Crippen molar-refractivity contribution in [1.82, 2.24) is 4.90 Å². The highest BCUT2D eigenvalue weighted by Crippen LogP contribution is 2.25. The first-order valence-corrected chi connectivity index (χ1v) is 6.85. The lowest BCUT2D eigenvalue weighted by Gasteiger charge is -2.25. The molecule has 1 fully saturated rings. The fraction of sp³-hybridized carbons (Fsp3) is 0.929. The van der Waals surface area contributed by atoms with Crippen molar-refractivity contribution in [3.05, 3.63) is 0 Å². The second-order valence-corrected chi connectivity index (χ2v) is 6.67. The molecule has 1 rings (SSSR count). The normalized spacial score (nSPS) is 22.4. The third-order valence-corrected chi connectivity index (χ3v) is 3.13. The highest BCUT2D eigenvalue weighted by molar-refractivity contribution is 5.68. The average Bonchev–Trinajstić information content (AvgIpc) is 2.61. The second-order valence-electron chi connectivity index (χ2n) is 6.67. The van der Waals surface area contributed by atoms with Crippen LogP contribution in [0, 0.1) is 11.8 Å². The number of likely N-dealkylation sites (tertiary alicyclic amines) is 1. The smallest absolute Gasteiger partial charge is 0.410 e. The zero-order valence-corrected chi connectivity index (χ0v) is 12.3. The molecule has 0 aromatic heterocycles. The zero-order valence-electron chi connectivity index (χ0n) is 12.3. The fourth-order valence-corrected chi connectivity index (χ4v) is 2.27. The molecule has 0 bridgehead atoms. The summed E-state index contributed by atoms with van der Waals surface area (Å²) in [6, 6.07) is 0. The summed E-state index contributed by atoms with van der Waals surface area (Å²) in [6.07, 6.45) is 1.10. The van der Waals surface area contributed by atoms with Gasteiger partial charge in [-0.05, 0) is 39.5 Å². The van der Waals surface area contributed by atoms with Gasteiger partial charge in [-0.25, -0.2) is 4.79 Å². The molecule has 1 amide bonds. The molecule has 0 spiro atoms. The summed E-state index contributed by atoms with van der Waals surface area (Å²) in [7, 11) is 0. The molecule has 4 heteroatoms. The Morgan fingerprint density at radius 2 is 2.06 bits per heavy atom. The maximum Gasteiger partial charge on any atom is 0.410 e. The van der Waals surface area contributed by atoms with Crippen LogP contribution in [0.1, 0.15) is 47.5 Å². The number of aliphatic hydroxyl groups excluding tert-OH is 1. The largest absolute Gasteiger partial charge is 0.444 e. The van der Waals surface area contributed by atoms with Crippen LogP contribution in [-0.4, -0.2) is 40.9 Å². The van der Waals surface area contributed by atoms with Crippen LogP contribution in [0.3, 0.4) is 0 Å². The lowest BCUT2D eigenvalue weighted by molar-refractivity contribution is 0.0262. The van der Waals surface area contributed by atoms with Gasteiger partial charge in [-0.15, -0.1) is 0 Å². The van der Waals surface area contributed by atoms with Gasteiger partial charge in [0.1, 0.15) is 5.60 Å². The van der Waals surface area contributed by atoms with Gasteiger partial charge in [0.2, 0.25) is 0 Å². The Hall–Kier alpha value is -0.770. The van der Waals surface area contributed by atoms with E-state index in [4.69, 9.17) is 4.74 Å². The number of carbonyl (C=O) groups excluding carboxylic acids is 1. The van der Waals surface area contributed by atoms with E-state index >= 15 is 0 Å². The van der Waals surface area contributed by atoms with Crippen LogP contribution in [0.25, 0.3) is 0 Å². The molecular weight excluding hydrogens is 230 g/mol. The summed E-state index contributed by atoms with van der Waals surface area (Å²) < 4.78 is 5.34. The maximum atomic E-state index is 11.9. The highest BCUT2D eigenvalue weighted by atomic mass is 16.6. The molecule has 18 heavy (non-hydrogen) atoms. The third-order valence-electron chi connectivity index (χ3n) is 3.13. The van der Waals surface area contributed by atoms with Gasteiger partial charge in [0.15, 0.2) is 0 Å². The minimum Gasteiger partial charge on any atom is -0.444 e. The predicted octanol–water partition coefficient (Wildman–Crippen LogP) is 2.65. The van der Waals surface area contributed by atoms with Crippen LogP contribution in [0.5, 0.6) is 0 Å². The fourth-order valence-electron chi connectivity index (χ4n) is 2.27. The quantitative estimate of drug-likeness (QED) is 0.845. The number of nitrogens with zero attached hydrogens (tertiary/aromatic N) is 1. The number of amides is 1. The summed E-state index contributed by atoms with van der Waals surface area (Å²) in [6.45, 7) is 11.1. The van der Waals surface area contributed by atoms with E-state index in [0.29, 0.717) is 19.0 Å². The molecule has 1 heterocycles. The van der Waals surface area contributed by atoms with Crippen molar-refractivity contribution in [1.29, 1.82) is 0 Å². The summed E-state index contributed by atoms with van der Waals surface area (Å²) in [5.74, 6) is 0.676. The van der Waals surface area contributed by atoms with Crippen LogP contribution in [0.4, 0.5) is 4.79 Å². The molecule has 4 nitrogen and oxygen atoms in total. The van der Waals surface area contributed by atoms with Gasteiger partial charge in [-0.2, -0.15) is 0 Å². The molecule has 0 aliphatic carbocycles. The van der Waals surface area contributed by atoms with Crippen molar-refractivity contribution in [3.8, 4) is 0 Å². The van der Waals surface area contributed by atoms with E-state index in [1.807, 2.05) is 20.8 Å². The van der Waals surface area contributed by atoms with Gasteiger partial charge in [0, 0.05) is 19.0 Å². The minimum atomic E-state index is -0.453. The van der Waals surface area contributed by atoms with E-state index in [9.17, 15) is 9.90 Å². The van der Waals surface area contributed by atoms with Crippen LogP contribution < -0.4 is 0 Å². The molecular formula is C14H27NO3. The molecule has 1 aliphatic rings. The summed E-state index contributed by atoms with van der Waals surface area (Å²) in [5.41, 5.74) is -0.453. The third kappa shape index (κ3) is 4.84. The topological polar surface area (TPSA) is 49.8 Å². The van der Waals surface area contributed by atoms with Gasteiger partial charge in [0.05, 0.1) is 6.10 Å². The van der Waals surface area contributed by atoms with E-state index in [2.05, 4.69) is 13.8 Å².